The standard InChI is InChI=1S/C22H25FN4O2S/c1-4-24-21-16-8-6-7-9-18(16)25-22(26-21)30-14-20(28)27(5-2)13-15-10-11-19(29-3)17(23)12-15/h6-12H,4-5,13-14H2,1-3H3,(H,24,25,26). The van der Waals surface area contributed by atoms with Crippen LogP contribution in [0.2, 0.25) is 0 Å². The first-order chi connectivity index (χ1) is 14.5. The number of benzene rings is 2. The molecule has 0 aliphatic heterocycles. The van der Waals surface area contributed by atoms with Crippen LogP contribution in [0.4, 0.5) is 10.2 Å². The molecule has 0 spiro atoms. The lowest BCUT2D eigenvalue weighted by molar-refractivity contribution is -0.128. The Balaban J connectivity index is 1.69. The second kappa shape index (κ2) is 10.2. The van der Waals surface area contributed by atoms with Crippen molar-refractivity contribution in [2.75, 3.05) is 31.3 Å². The van der Waals surface area contributed by atoms with Gasteiger partial charge in [0, 0.05) is 25.0 Å². The van der Waals surface area contributed by atoms with E-state index >= 15 is 0 Å². The summed E-state index contributed by atoms with van der Waals surface area (Å²) in [7, 11) is 1.42. The van der Waals surface area contributed by atoms with Crippen LogP contribution in [0.15, 0.2) is 47.6 Å². The Morgan fingerprint density at radius 2 is 2.00 bits per heavy atom. The summed E-state index contributed by atoms with van der Waals surface area (Å²) in [5, 5.41) is 4.75. The molecule has 1 amide bonds. The van der Waals surface area contributed by atoms with Crippen molar-refractivity contribution < 1.29 is 13.9 Å². The van der Waals surface area contributed by atoms with Gasteiger partial charge in [-0.2, -0.15) is 0 Å². The maximum absolute atomic E-state index is 13.9. The first-order valence-corrected chi connectivity index (χ1v) is 10.8. The van der Waals surface area contributed by atoms with E-state index < -0.39 is 5.82 Å². The molecule has 0 fully saturated rings. The van der Waals surface area contributed by atoms with E-state index in [4.69, 9.17) is 4.74 Å². The summed E-state index contributed by atoms with van der Waals surface area (Å²) in [6, 6.07) is 12.5. The van der Waals surface area contributed by atoms with Crippen LogP contribution < -0.4 is 10.1 Å². The van der Waals surface area contributed by atoms with E-state index in [1.165, 1.54) is 24.9 Å². The molecule has 3 rings (SSSR count). The monoisotopic (exact) mass is 428 g/mol. The van der Waals surface area contributed by atoms with E-state index in [1.54, 1.807) is 17.0 Å². The van der Waals surface area contributed by atoms with Gasteiger partial charge in [-0.05, 0) is 43.7 Å². The van der Waals surface area contributed by atoms with E-state index in [9.17, 15) is 9.18 Å². The molecule has 0 saturated heterocycles. The highest BCUT2D eigenvalue weighted by atomic mass is 32.2. The molecule has 1 aromatic heterocycles. The van der Waals surface area contributed by atoms with Gasteiger partial charge in [0.05, 0.1) is 18.4 Å². The van der Waals surface area contributed by atoms with Gasteiger partial charge in [0.15, 0.2) is 16.7 Å². The van der Waals surface area contributed by atoms with Crippen LogP contribution in [-0.4, -0.2) is 46.7 Å². The maximum Gasteiger partial charge on any atom is 0.233 e. The number of carbonyl (C=O) groups excluding carboxylic acids is 1. The number of halogens is 1. The van der Waals surface area contributed by atoms with E-state index in [-0.39, 0.29) is 17.4 Å². The van der Waals surface area contributed by atoms with Gasteiger partial charge in [0.1, 0.15) is 5.82 Å². The zero-order valence-corrected chi connectivity index (χ0v) is 18.1. The molecule has 158 valence electrons. The third-order valence-corrected chi connectivity index (χ3v) is 5.41. The van der Waals surface area contributed by atoms with Crippen molar-refractivity contribution in [2.24, 2.45) is 0 Å². The van der Waals surface area contributed by atoms with Gasteiger partial charge in [0.2, 0.25) is 5.91 Å². The predicted molar refractivity (Wildman–Crippen MR) is 118 cm³/mol. The number of amides is 1. The summed E-state index contributed by atoms with van der Waals surface area (Å²) >= 11 is 1.30. The molecule has 3 aromatic rings. The lowest BCUT2D eigenvalue weighted by atomic mass is 10.2. The number of ether oxygens (including phenoxy) is 1. The molecular weight excluding hydrogens is 403 g/mol. The molecular formula is C22H25FN4O2S. The molecule has 2 aromatic carbocycles. The summed E-state index contributed by atoms with van der Waals surface area (Å²) in [6.07, 6.45) is 0. The summed E-state index contributed by atoms with van der Waals surface area (Å²) in [5.41, 5.74) is 1.55. The van der Waals surface area contributed by atoms with Crippen LogP contribution in [0.25, 0.3) is 10.9 Å². The first-order valence-electron chi connectivity index (χ1n) is 9.79. The second-order valence-corrected chi connectivity index (χ2v) is 7.51. The summed E-state index contributed by atoms with van der Waals surface area (Å²) < 4.78 is 18.9. The minimum atomic E-state index is -0.437. The Morgan fingerprint density at radius 3 is 2.70 bits per heavy atom. The molecule has 0 unspecified atom stereocenters. The molecule has 0 bridgehead atoms. The molecule has 0 aliphatic rings. The van der Waals surface area contributed by atoms with Crippen LogP contribution >= 0.6 is 11.8 Å². The number of nitrogens with zero attached hydrogens (tertiary/aromatic N) is 3. The molecule has 30 heavy (non-hydrogen) atoms. The van der Waals surface area contributed by atoms with Crippen LogP contribution in [0, 0.1) is 5.82 Å². The fraction of sp³-hybridized carbons (Fsp3) is 0.318. The lowest BCUT2D eigenvalue weighted by Crippen LogP contribution is -2.31. The van der Waals surface area contributed by atoms with Gasteiger partial charge in [-0.3, -0.25) is 4.79 Å². The predicted octanol–water partition coefficient (Wildman–Crippen LogP) is 4.35. The number of nitrogens with one attached hydrogen (secondary N) is 1. The average molecular weight is 429 g/mol. The largest absolute Gasteiger partial charge is 0.494 e. The highest BCUT2D eigenvalue weighted by Gasteiger charge is 2.16. The van der Waals surface area contributed by atoms with E-state index in [0.717, 1.165) is 23.3 Å². The molecule has 8 heteroatoms. The Kier molecular flexibility index (Phi) is 7.46. The van der Waals surface area contributed by atoms with Gasteiger partial charge in [-0.25, -0.2) is 14.4 Å². The number of fused-ring (bicyclic) bond motifs is 1. The zero-order valence-electron chi connectivity index (χ0n) is 17.3. The van der Waals surface area contributed by atoms with E-state index in [1.807, 2.05) is 38.1 Å². The minimum Gasteiger partial charge on any atom is -0.494 e. The Hall–Kier alpha value is -2.87. The number of anilines is 1. The van der Waals surface area contributed by atoms with E-state index in [0.29, 0.717) is 23.8 Å². The lowest BCUT2D eigenvalue weighted by Gasteiger charge is -2.21. The van der Waals surface area contributed by atoms with Crippen molar-refractivity contribution >= 4 is 34.4 Å². The fourth-order valence-electron chi connectivity index (χ4n) is 3.04. The third-order valence-electron chi connectivity index (χ3n) is 4.58. The number of hydrogen-bond donors (Lipinski definition) is 1. The molecule has 1 N–H and O–H groups in total. The number of para-hydroxylation sites is 1. The third kappa shape index (κ3) is 5.18. The number of methoxy groups -OCH3 is 1. The molecule has 0 atom stereocenters. The Bertz CT molecular complexity index is 1030. The van der Waals surface area contributed by atoms with Crippen molar-refractivity contribution in [3.63, 3.8) is 0 Å². The topological polar surface area (TPSA) is 67.4 Å². The maximum atomic E-state index is 13.9. The Labute approximate surface area is 179 Å². The highest BCUT2D eigenvalue weighted by molar-refractivity contribution is 7.99. The number of rotatable bonds is 9. The average Bonchev–Trinajstić information content (AvgIpc) is 2.76. The van der Waals surface area contributed by atoms with Gasteiger partial charge in [0.25, 0.3) is 0 Å². The minimum absolute atomic E-state index is 0.0551. The number of thioether (sulfide) groups is 1. The number of aromatic nitrogens is 2. The number of hydrogen-bond acceptors (Lipinski definition) is 6. The van der Waals surface area contributed by atoms with Gasteiger partial charge in [-0.1, -0.05) is 30.0 Å². The molecule has 1 heterocycles. The SMILES string of the molecule is CCNc1nc(SCC(=O)N(CC)Cc2ccc(OC)c(F)c2)nc2ccccc12. The van der Waals surface area contributed by atoms with Crippen LogP contribution in [0.1, 0.15) is 19.4 Å². The van der Waals surface area contributed by atoms with Gasteiger partial charge < -0.3 is 15.0 Å². The molecule has 6 nitrogen and oxygen atoms in total. The van der Waals surface area contributed by atoms with Crippen molar-refractivity contribution in [1.82, 2.24) is 14.9 Å². The van der Waals surface area contributed by atoms with Crippen molar-refractivity contribution in [3.8, 4) is 5.75 Å². The van der Waals surface area contributed by atoms with Crippen molar-refractivity contribution in [1.29, 1.82) is 0 Å². The fourth-order valence-corrected chi connectivity index (χ4v) is 3.80. The van der Waals surface area contributed by atoms with Crippen LogP contribution in [-0.2, 0) is 11.3 Å². The summed E-state index contributed by atoms with van der Waals surface area (Å²) in [4.78, 5) is 23.6. The Morgan fingerprint density at radius 1 is 1.20 bits per heavy atom. The normalized spacial score (nSPS) is 10.8. The highest BCUT2D eigenvalue weighted by Crippen LogP contribution is 2.25. The van der Waals surface area contributed by atoms with Gasteiger partial charge in [-0.15, -0.1) is 0 Å². The van der Waals surface area contributed by atoms with Crippen molar-refractivity contribution in [2.45, 2.75) is 25.5 Å². The van der Waals surface area contributed by atoms with Crippen LogP contribution in [0.5, 0.6) is 5.75 Å². The first kappa shape index (κ1) is 21.8. The second-order valence-electron chi connectivity index (χ2n) is 6.57. The quantitative estimate of drug-likeness (QED) is 0.404. The smallest absolute Gasteiger partial charge is 0.233 e. The zero-order chi connectivity index (χ0) is 21.5. The number of carbonyl (C=O) groups is 1. The summed E-state index contributed by atoms with van der Waals surface area (Å²) in [6.45, 7) is 5.50. The molecule has 0 radical (unpaired) electrons. The van der Waals surface area contributed by atoms with Crippen LogP contribution in [0.3, 0.4) is 0 Å². The van der Waals surface area contributed by atoms with E-state index in [2.05, 4.69) is 15.3 Å². The van der Waals surface area contributed by atoms with Crippen molar-refractivity contribution in [3.05, 3.63) is 53.8 Å². The molecule has 0 saturated carbocycles. The van der Waals surface area contributed by atoms with Gasteiger partial charge >= 0.3 is 0 Å². The molecule has 0 aliphatic carbocycles. The summed E-state index contributed by atoms with van der Waals surface area (Å²) in [5.74, 6) is 0.665.